The van der Waals surface area contributed by atoms with Gasteiger partial charge in [-0.15, -0.1) is 0 Å². The van der Waals surface area contributed by atoms with Gasteiger partial charge in [0.05, 0.1) is 12.2 Å². The summed E-state index contributed by atoms with van der Waals surface area (Å²) in [6.07, 6.45) is -4.78. The van der Waals surface area contributed by atoms with E-state index in [0.717, 1.165) is 11.8 Å². The Morgan fingerprint density at radius 1 is 1.13 bits per heavy atom. The van der Waals surface area contributed by atoms with Crippen LogP contribution in [0.15, 0.2) is 51.8 Å². The van der Waals surface area contributed by atoms with E-state index in [1.165, 1.54) is 6.07 Å². The molecule has 7 nitrogen and oxygen atoms in total. The molecular formula is C20H19F3N2O5S. The van der Waals surface area contributed by atoms with Crippen LogP contribution in [0.1, 0.15) is 23.0 Å². The molecule has 1 heterocycles. The number of halogens is 3. The molecular weight excluding hydrogens is 437 g/mol. The van der Waals surface area contributed by atoms with Gasteiger partial charge in [0.1, 0.15) is 16.2 Å². The maximum Gasteiger partial charge on any atom is 0.416 e. The van der Waals surface area contributed by atoms with Crippen LogP contribution in [0.2, 0.25) is 0 Å². The number of furan rings is 1. The largest absolute Gasteiger partial charge is 0.492 e. The number of ether oxygens (including phenoxy) is 1. The number of benzene rings is 2. The van der Waals surface area contributed by atoms with Gasteiger partial charge in [-0.2, -0.15) is 13.2 Å². The molecule has 0 aliphatic carbocycles. The minimum absolute atomic E-state index is 0.0135. The van der Waals surface area contributed by atoms with E-state index >= 15 is 0 Å². The van der Waals surface area contributed by atoms with Crippen molar-refractivity contribution < 1.29 is 35.5 Å². The first kappa shape index (κ1) is 22.5. The third-order valence-corrected chi connectivity index (χ3v) is 5.68. The minimum Gasteiger partial charge on any atom is -0.492 e. The normalized spacial score (nSPS) is 12.1. The standard InChI is InChI=1S/C20H19F3N2O5S/c1-4-29-15-8-6-13(20(21,22)23)10-18(15)31(27,28)24-19(26)17-9-12-5-7-14(25(2)3)11-16(12)30-17/h5-11H,4H2,1-3H3,(H,24,26). The average Bonchev–Trinajstić information content (AvgIpc) is 3.10. The summed E-state index contributed by atoms with van der Waals surface area (Å²) in [6, 6.07) is 8.51. The van der Waals surface area contributed by atoms with E-state index in [4.69, 9.17) is 9.15 Å². The van der Waals surface area contributed by atoms with Crippen molar-refractivity contribution in [3.8, 4) is 5.75 Å². The first-order valence-electron chi connectivity index (χ1n) is 9.04. The van der Waals surface area contributed by atoms with Crippen LogP contribution in [0.5, 0.6) is 5.75 Å². The van der Waals surface area contributed by atoms with Gasteiger partial charge in [0, 0.05) is 31.2 Å². The summed E-state index contributed by atoms with van der Waals surface area (Å²) in [5.74, 6) is -1.74. The molecule has 31 heavy (non-hydrogen) atoms. The number of sulfonamides is 1. The highest BCUT2D eigenvalue weighted by molar-refractivity contribution is 7.90. The van der Waals surface area contributed by atoms with Crippen LogP contribution in [0.4, 0.5) is 18.9 Å². The zero-order valence-electron chi connectivity index (χ0n) is 16.8. The van der Waals surface area contributed by atoms with Gasteiger partial charge in [0.25, 0.3) is 10.0 Å². The Labute approximate surface area is 176 Å². The van der Waals surface area contributed by atoms with Crippen molar-refractivity contribution in [3.05, 3.63) is 53.8 Å². The van der Waals surface area contributed by atoms with Gasteiger partial charge in [-0.3, -0.25) is 4.79 Å². The van der Waals surface area contributed by atoms with E-state index in [1.807, 2.05) is 19.0 Å². The fourth-order valence-electron chi connectivity index (χ4n) is 2.81. The predicted molar refractivity (Wildman–Crippen MR) is 108 cm³/mol. The lowest BCUT2D eigenvalue weighted by Gasteiger charge is -2.14. The number of rotatable bonds is 6. The lowest BCUT2D eigenvalue weighted by molar-refractivity contribution is -0.137. The molecule has 0 aliphatic heterocycles. The topological polar surface area (TPSA) is 88.8 Å². The number of carbonyl (C=O) groups is 1. The molecule has 3 rings (SSSR count). The summed E-state index contributed by atoms with van der Waals surface area (Å²) in [7, 11) is -1.07. The van der Waals surface area contributed by atoms with Crippen molar-refractivity contribution in [2.75, 3.05) is 25.6 Å². The van der Waals surface area contributed by atoms with E-state index in [1.54, 1.807) is 29.8 Å². The van der Waals surface area contributed by atoms with Gasteiger partial charge < -0.3 is 14.1 Å². The van der Waals surface area contributed by atoms with Crippen LogP contribution in [0, 0.1) is 0 Å². The Morgan fingerprint density at radius 2 is 1.84 bits per heavy atom. The molecule has 0 radical (unpaired) electrons. The molecule has 2 aromatic carbocycles. The maximum absolute atomic E-state index is 13.1. The van der Waals surface area contributed by atoms with Gasteiger partial charge >= 0.3 is 12.1 Å². The first-order chi connectivity index (χ1) is 14.4. The van der Waals surface area contributed by atoms with E-state index in [2.05, 4.69) is 0 Å². The number of nitrogens with zero attached hydrogens (tertiary/aromatic N) is 1. The van der Waals surface area contributed by atoms with E-state index in [-0.39, 0.29) is 18.1 Å². The smallest absolute Gasteiger partial charge is 0.416 e. The fraction of sp³-hybridized carbons (Fsp3) is 0.250. The highest BCUT2D eigenvalue weighted by Crippen LogP contribution is 2.34. The monoisotopic (exact) mass is 456 g/mol. The molecule has 0 spiro atoms. The Hall–Kier alpha value is -3.21. The Morgan fingerprint density at radius 3 is 2.45 bits per heavy atom. The summed E-state index contributed by atoms with van der Waals surface area (Å²) < 4.78 is 77.0. The average molecular weight is 456 g/mol. The highest BCUT2D eigenvalue weighted by atomic mass is 32.2. The number of carbonyl (C=O) groups excluding carboxylic acids is 1. The van der Waals surface area contributed by atoms with Crippen LogP contribution in [-0.2, 0) is 16.2 Å². The van der Waals surface area contributed by atoms with Gasteiger partial charge in [-0.05, 0) is 43.3 Å². The molecule has 1 amide bonds. The number of nitrogens with one attached hydrogen (secondary N) is 1. The van der Waals surface area contributed by atoms with Gasteiger partial charge in [-0.25, -0.2) is 13.1 Å². The van der Waals surface area contributed by atoms with Gasteiger partial charge in [0.2, 0.25) is 0 Å². The lowest BCUT2D eigenvalue weighted by Crippen LogP contribution is -2.31. The molecule has 1 aromatic heterocycles. The fourth-order valence-corrected chi connectivity index (χ4v) is 3.93. The van der Waals surface area contributed by atoms with Crippen molar-refractivity contribution in [1.29, 1.82) is 0 Å². The Balaban J connectivity index is 1.96. The second kappa shape index (κ2) is 8.14. The third kappa shape index (κ3) is 4.76. The van der Waals surface area contributed by atoms with Crippen LogP contribution in [0.3, 0.4) is 0 Å². The molecule has 3 aromatic rings. The van der Waals surface area contributed by atoms with Crippen molar-refractivity contribution in [3.63, 3.8) is 0 Å². The number of hydrogen-bond donors (Lipinski definition) is 1. The molecule has 0 atom stereocenters. The van der Waals surface area contributed by atoms with Crippen LogP contribution >= 0.6 is 0 Å². The summed E-state index contributed by atoms with van der Waals surface area (Å²) in [4.78, 5) is 13.5. The molecule has 0 bridgehead atoms. The quantitative estimate of drug-likeness (QED) is 0.603. The van der Waals surface area contributed by atoms with Crippen molar-refractivity contribution in [2.45, 2.75) is 18.0 Å². The molecule has 166 valence electrons. The number of hydrogen-bond acceptors (Lipinski definition) is 6. The second-order valence-corrected chi connectivity index (χ2v) is 8.40. The first-order valence-corrected chi connectivity index (χ1v) is 10.5. The van der Waals surface area contributed by atoms with Crippen LogP contribution < -0.4 is 14.4 Å². The molecule has 11 heteroatoms. The second-order valence-electron chi connectivity index (χ2n) is 6.75. The molecule has 0 fully saturated rings. The van der Waals surface area contributed by atoms with E-state index < -0.39 is 32.6 Å². The molecule has 0 unspecified atom stereocenters. The number of amides is 1. The summed E-state index contributed by atoms with van der Waals surface area (Å²) in [5.41, 5.74) is -0.0432. The van der Waals surface area contributed by atoms with Crippen molar-refractivity contribution in [2.24, 2.45) is 0 Å². The number of fused-ring (bicyclic) bond motifs is 1. The molecule has 0 saturated carbocycles. The van der Waals surface area contributed by atoms with Crippen molar-refractivity contribution >= 4 is 32.6 Å². The molecule has 0 saturated heterocycles. The van der Waals surface area contributed by atoms with Crippen LogP contribution in [0.25, 0.3) is 11.0 Å². The predicted octanol–water partition coefficient (Wildman–Crippen LogP) is 4.04. The van der Waals surface area contributed by atoms with E-state index in [0.29, 0.717) is 23.1 Å². The number of alkyl halides is 3. The maximum atomic E-state index is 13.1. The van der Waals surface area contributed by atoms with Gasteiger partial charge in [0.15, 0.2) is 5.76 Å². The van der Waals surface area contributed by atoms with Crippen LogP contribution in [-0.4, -0.2) is 35.0 Å². The highest BCUT2D eigenvalue weighted by Gasteiger charge is 2.34. The SMILES string of the molecule is CCOc1ccc(C(F)(F)F)cc1S(=O)(=O)NC(=O)c1cc2ccc(N(C)C)cc2o1. The van der Waals surface area contributed by atoms with E-state index in [9.17, 15) is 26.4 Å². The zero-order valence-corrected chi connectivity index (χ0v) is 17.6. The minimum atomic E-state index is -4.78. The van der Waals surface area contributed by atoms with Gasteiger partial charge in [-0.1, -0.05) is 0 Å². The summed E-state index contributed by atoms with van der Waals surface area (Å²) in [6.45, 7) is 1.56. The Kier molecular flexibility index (Phi) is 5.90. The summed E-state index contributed by atoms with van der Waals surface area (Å²) >= 11 is 0. The zero-order chi connectivity index (χ0) is 23.0. The van der Waals surface area contributed by atoms with Crippen molar-refractivity contribution in [1.82, 2.24) is 4.72 Å². The third-order valence-electron chi connectivity index (χ3n) is 4.33. The Bertz CT molecular complexity index is 1230. The summed E-state index contributed by atoms with van der Waals surface area (Å²) in [5, 5.41) is 0.558. The molecule has 0 aliphatic rings. The number of anilines is 1. The molecule has 1 N–H and O–H groups in total. The lowest BCUT2D eigenvalue weighted by atomic mass is 10.2.